The lowest BCUT2D eigenvalue weighted by atomic mass is 10.0. The van der Waals surface area contributed by atoms with Crippen molar-refractivity contribution in [1.82, 2.24) is 0 Å². The molecular weight excluding hydrogens is 286 g/mol. The SMILES string of the molecule is CCCCCCCCCCCCCCCC1OC(C)OCC1N. The van der Waals surface area contributed by atoms with Gasteiger partial charge in [-0.1, -0.05) is 90.4 Å². The van der Waals surface area contributed by atoms with Crippen molar-refractivity contribution >= 4 is 0 Å². The van der Waals surface area contributed by atoms with Crippen LogP contribution in [0.25, 0.3) is 0 Å². The number of nitrogens with two attached hydrogens (primary N) is 1. The van der Waals surface area contributed by atoms with Crippen LogP contribution in [-0.4, -0.2) is 25.0 Å². The summed E-state index contributed by atoms with van der Waals surface area (Å²) >= 11 is 0. The van der Waals surface area contributed by atoms with Gasteiger partial charge in [-0.25, -0.2) is 0 Å². The minimum Gasteiger partial charge on any atom is -0.351 e. The van der Waals surface area contributed by atoms with E-state index in [1.54, 1.807) is 0 Å². The molecule has 0 amide bonds. The normalized spacial score (nSPS) is 24.9. The number of ether oxygens (including phenoxy) is 2. The van der Waals surface area contributed by atoms with Crippen molar-refractivity contribution in [3.63, 3.8) is 0 Å². The van der Waals surface area contributed by atoms with Crippen molar-refractivity contribution in [2.24, 2.45) is 5.73 Å². The molecule has 0 aliphatic carbocycles. The van der Waals surface area contributed by atoms with Crippen LogP contribution in [0.3, 0.4) is 0 Å². The van der Waals surface area contributed by atoms with Crippen LogP contribution in [0.5, 0.6) is 0 Å². The second-order valence-corrected chi connectivity index (χ2v) is 7.27. The third kappa shape index (κ3) is 11.1. The minimum absolute atomic E-state index is 0.0588. The van der Waals surface area contributed by atoms with E-state index in [4.69, 9.17) is 15.2 Å². The van der Waals surface area contributed by atoms with E-state index >= 15 is 0 Å². The van der Waals surface area contributed by atoms with Crippen LogP contribution in [0.2, 0.25) is 0 Å². The smallest absolute Gasteiger partial charge is 0.155 e. The van der Waals surface area contributed by atoms with Gasteiger partial charge in [-0.05, 0) is 13.3 Å². The van der Waals surface area contributed by atoms with Gasteiger partial charge in [0.25, 0.3) is 0 Å². The van der Waals surface area contributed by atoms with E-state index in [0.29, 0.717) is 6.61 Å². The van der Waals surface area contributed by atoms with Gasteiger partial charge in [0.2, 0.25) is 0 Å². The molecule has 0 bridgehead atoms. The van der Waals surface area contributed by atoms with Gasteiger partial charge in [0, 0.05) is 0 Å². The third-order valence-corrected chi connectivity index (χ3v) is 4.96. The summed E-state index contributed by atoms with van der Waals surface area (Å²) in [5, 5.41) is 0. The van der Waals surface area contributed by atoms with Crippen molar-refractivity contribution in [2.75, 3.05) is 6.61 Å². The summed E-state index contributed by atoms with van der Waals surface area (Å²) in [5.74, 6) is 0. The van der Waals surface area contributed by atoms with Crippen molar-refractivity contribution in [3.05, 3.63) is 0 Å². The van der Waals surface area contributed by atoms with Gasteiger partial charge in [-0.3, -0.25) is 0 Å². The highest BCUT2D eigenvalue weighted by molar-refractivity contribution is 4.76. The summed E-state index contributed by atoms with van der Waals surface area (Å²) in [4.78, 5) is 0. The summed E-state index contributed by atoms with van der Waals surface area (Å²) in [6.07, 6.45) is 19.4. The largest absolute Gasteiger partial charge is 0.351 e. The van der Waals surface area contributed by atoms with Gasteiger partial charge in [0.05, 0.1) is 18.8 Å². The molecule has 1 aliphatic heterocycles. The zero-order valence-electron chi connectivity index (χ0n) is 15.7. The lowest BCUT2D eigenvalue weighted by Gasteiger charge is -2.33. The van der Waals surface area contributed by atoms with E-state index in [9.17, 15) is 0 Å². The Bertz CT molecular complexity index is 260. The maximum Gasteiger partial charge on any atom is 0.155 e. The molecule has 0 aromatic heterocycles. The Hall–Kier alpha value is -0.120. The molecule has 3 atom stereocenters. The lowest BCUT2D eigenvalue weighted by molar-refractivity contribution is -0.211. The Labute approximate surface area is 144 Å². The molecule has 1 saturated heterocycles. The highest BCUT2D eigenvalue weighted by atomic mass is 16.7. The van der Waals surface area contributed by atoms with Crippen LogP contribution in [0.4, 0.5) is 0 Å². The molecule has 0 aromatic carbocycles. The predicted octanol–water partition coefficient (Wildman–Crippen LogP) is 5.56. The first-order chi connectivity index (χ1) is 11.2. The van der Waals surface area contributed by atoms with Gasteiger partial charge in [-0.2, -0.15) is 0 Å². The molecule has 3 nitrogen and oxygen atoms in total. The maximum atomic E-state index is 6.04. The highest BCUT2D eigenvalue weighted by Crippen LogP contribution is 2.18. The van der Waals surface area contributed by atoms with Crippen LogP contribution in [0.1, 0.15) is 104 Å². The number of hydrogen-bond acceptors (Lipinski definition) is 3. The molecule has 1 rings (SSSR count). The zero-order valence-corrected chi connectivity index (χ0v) is 15.7. The zero-order chi connectivity index (χ0) is 16.8. The fourth-order valence-corrected chi connectivity index (χ4v) is 3.39. The van der Waals surface area contributed by atoms with Crippen molar-refractivity contribution < 1.29 is 9.47 Å². The molecule has 0 spiro atoms. The van der Waals surface area contributed by atoms with Crippen molar-refractivity contribution in [1.29, 1.82) is 0 Å². The minimum atomic E-state index is -0.0817. The molecule has 1 fully saturated rings. The quantitative estimate of drug-likeness (QED) is 0.425. The fraction of sp³-hybridized carbons (Fsp3) is 1.00. The summed E-state index contributed by atoms with van der Waals surface area (Å²) in [6.45, 7) is 4.89. The average Bonchev–Trinajstić information content (AvgIpc) is 2.55. The molecular formula is C20H41NO2. The second-order valence-electron chi connectivity index (χ2n) is 7.27. The van der Waals surface area contributed by atoms with Gasteiger partial charge in [-0.15, -0.1) is 0 Å². The molecule has 138 valence electrons. The molecule has 23 heavy (non-hydrogen) atoms. The monoisotopic (exact) mass is 327 g/mol. The average molecular weight is 328 g/mol. The Kier molecular flexibility index (Phi) is 13.0. The van der Waals surface area contributed by atoms with E-state index < -0.39 is 0 Å². The first kappa shape index (κ1) is 20.9. The summed E-state index contributed by atoms with van der Waals surface area (Å²) < 4.78 is 11.2. The Morgan fingerprint density at radius 2 is 1.26 bits per heavy atom. The van der Waals surface area contributed by atoms with Gasteiger partial charge >= 0.3 is 0 Å². The summed E-state index contributed by atoms with van der Waals surface area (Å²) in [5.41, 5.74) is 6.04. The molecule has 1 aliphatic rings. The molecule has 1 heterocycles. The Balaban J connectivity index is 1.79. The molecule has 3 unspecified atom stereocenters. The molecule has 3 heteroatoms. The Morgan fingerprint density at radius 1 is 0.783 bits per heavy atom. The number of hydrogen-bond donors (Lipinski definition) is 1. The number of rotatable bonds is 14. The van der Waals surface area contributed by atoms with Crippen LogP contribution >= 0.6 is 0 Å². The third-order valence-electron chi connectivity index (χ3n) is 4.96. The van der Waals surface area contributed by atoms with Gasteiger partial charge < -0.3 is 15.2 Å². The topological polar surface area (TPSA) is 44.5 Å². The van der Waals surface area contributed by atoms with E-state index in [1.807, 2.05) is 6.92 Å². The molecule has 0 aromatic rings. The van der Waals surface area contributed by atoms with E-state index in [2.05, 4.69) is 6.92 Å². The molecule has 0 radical (unpaired) electrons. The highest BCUT2D eigenvalue weighted by Gasteiger charge is 2.26. The van der Waals surface area contributed by atoms with Crippen molar-refractivity contribution in [2.45, 2.75) is 122 Å². The maximum absolute atomic E-state index is 6.04. The second kappa shape index (κ2) is 14.2. The number of unbranched alkanes of at least 4 members (excludes halogenated alkanes) is 12. The van der Waals surface area contributed by atoms with Crippen molar-refractivity contribution in [3.8, 4) is 0 Å². The predicted molar refractivity (Wildman–Crippen MR) is 98.6 cm³/mol. The molecule has 2 N–H and O–H groups in total. The van der Waals surface area contributed by atoms with Crippen LogP contribution < -0.4 is 5.73 Å². The van der Waals surface area contributed by atoms with Crippen LogP contribution in [0, 0.1) is 0 Å². The fourth-order valence-electron chi connectivity index (χ4n) is 3.39. The van der Waals surface area contributed by atoms with E-state index in [0.717, 1.165) is 6.42 Å². The summed E-state index contributed by atoms with van der Waals surface area (Å²) in [7, 11) is 0. The molecule has 0 saturated carbocycles. The van der Waals surface area contributed by atoms with Gasteiger partial charge in [0.15, 0.2) is 6.29 Å². The van der Waals surface area contributed by atoms with E-state index in [1.165, 1.54) is 83.5 Å². The standard InChI is InChI=1S/C20H41NO2/c1-3-4-5-6-7-8-9-10-11-12-13-14-15-16-20-19(21)17-22-18(2)23-20/h18-20H,3-17,21H2,1-2H3. The van der Waals surface area contributed by atoms with Crippen LogP contribution in [-0.2, 0) is 9.47 Å². The Morgan fingerprint density at radius 3 is 1.78 bits per heavy atom. The lowest BCUT2D eigenvalue weighted by Crippen LogP contribution is -2.47. The van der Waals surface area contributed by atoms with Crippen LogP contribution in [0.15, 0.2) is 0 Å². The first-order valence-electron chi connectivity index (χ1n) is 10.3. The van der Waals surface area contributed by atoms with E-state index in [-0.39, 0.29) is 18.4 Å². The van der Waals surface area contributed by atoms with Gasteiger partial charge in [0.1, 0.15) is 0 Å². The first-order valence-corrected chi connectivity index (χ1v) is 10.3. The summed E-state index contributed by atoms with van der Waals surface area (Å²) in [6, 6.07) is 0.0588.